The fraction of sp³-hybridized carbons (Fsp3) is 0.611. The first-order valence-electron chi connectivity index (χ1n) is 8.72. The number of carbonyl (C=O) groups excluding carboxylic acids is 1. The molecule has 1 aromatic carbocycles. The van der Waals surface area contributed by atoms with Crippen molar-refractivity contribution in [2.75, 3.05) is 52.4 Å². The molecule has 2 heterocycles. The standard InChI is InChI=1S/C18H27N3O2.2ClH/c22-18(16-5-4-8-19-15-16)21-11-9-20(10-12-21)13-14-23-17-6-2-1-3-7-17;;/h1-3,6-7,16,19H,4-5,8-15H2;2*1H. The third-order valence-electron chi connectivity index (χ3n) is 4.75. The highest BCUT2D eigenvalue weighted by Gasteiger charge is 2.28. The molecule has 0 spiro atoms. The third-order valence-corrected chi connectivity index (χ3v) is 4.75. The van der Waals surface area contributed by atoms with E-state index < -0.39 is 0 Å². The highest BCUT2D eigenvalue weighted by atomic mass is 35.5. The summed E-state index contributed by atoms with van der Waals surface area (Å²) in [6.07, 6.45) is 2.16. The Bertz CT molecular complexity index is 490. The van der Waals surface area contributed by atoms with Crippen LogP contribution in [0.25, 0.3) is 0 Å². The predicted octanol–water partition coefficient (Wildman–Crippen LogP) is 2.05. The number of piperazine rings is 1. The predicted molar refractivity (Wildman–Crippen MR) is 105 cm³/mol. The van der Waals surface area contributed by atoms with Crippen LogP contribution in [-0.4, -0.2) is 68.1 Å². The van der Waals surface area contributed by atoms with Gasteiger partial charge in [-0.05, 0) is 31.5 Å². The number of piperidine rings is 1. The molecule has 2 fully saturated rings. The van der Waals surface area contributed by atoms with Crippen molar-refractivity contribution < 1.29 is 9.53 Å². The molecular formula is C18H29Cl2N3O2. The zero-order valence-corrected chi connectivity index (χ0v) is 16.2. The molecule has 3 rings (SSSR count). The first-order chi connectivity index (χ1) is 11.3. The largest absolute Gasteiger partial charge is 0.492 e. The molecule has 2 aliphatic rings. The van der Waals surface area contributed by atoms with Gasteiger partial charge in [-0.2, -0.15) is 0 Å². The number of para-hydroxylation sites is 1. The molecule has 7 heteroatoms. The summed E-state index contributed by atoms with van der Waals surface area (Å²) >= 11 is 0. The topological polar surface area (TPSA) is 44.8 Å². The molecule has 142 valence electrons. The van der Waals surface area contributed by atoms with Crippen molar-refractivity contribution in [3.8, 4) is 5.75 Å². The molecule has 1 atom stereocenters. The maximum Gasteiger partial charge on any atom is 0.227 e. The maximum atomic E-state index is 12.5. The van der Waals surface area contributed by atoms with Crippen LogP contribution in [0.2, 0.25) is 0 Å². The first-order valence-corrected chi connectivity index (χ1v) is 8.72. The number of rotatable bonds is 5. The van der Waals surface area contributed by atoms with Gasteiger partial charge in [-0.3, -0.25) is 9.69 Å². The van der Waals surface area contributed by atoms with Crippen molar-refractivity contribution in [3.05, 3.63) is 30.3 Å². The molecule has 5 nitrogen and oxygen atoms in total. The summed E-state index contributed by atoms with van der Waals surface area (Å²) in [4.78, 5) is 16.9. The van der Waals surface area contributed by atoms with Crippen LogP contribution in [0.15, 0.2) is 30.3 Å². The summed E-state index contributed by atoms with van der Waals surface area (Å²) < 4.78 is 5.75. The number of amides is 1. The zero-order chi connectivity index (χ0) is 15.9. The SMILES string of the molecule is Cl.Cl.O=C(C1CCCNC1)N1CCN(CCOc2ccccc2)CC1. The average Bonchev–Trinajstić information content (AvgIpc) is 2.63. The van der Waals surface area contributed by atoms with E-state index in [2.05, 4.69) is 10.2 Å². The fourth-order valence-corrected chi connectivity index (χ4v) is 3.32. The van der Waals surface area contributed by atoms with Crippen LogP contribution in [0.5, 0.6) is 5.75 Å². The molecule has 0 saturated carbocycles. The Morgan fingerprint density at radius 3 is 2.48 bits per heavy atom. The second-order valence-electron chi connectivity index (χ2n) is 6.37. The Morgan fingerprint density at radius 1 is 1.12 bits per heavy atom. The van der Waals surface area contributed by atoms with E-state index in [0.29, 0.717) is 12.5 Å². The lowest BCUT2D eigenvalue weighted by atomic mass is 9.98. The molecule has 1 N–H and O–H groups in total. The second-order valence-corrected chi connectivity index (χ2v) is 6.37. The lowest BCUT2D eigenvalue weighted by molar-refractivity contribution is -0.137. The molecule has 0 aliphatic carbocycles. The van der Waals surface area contributed by atoms with Crippen molar-refractivity contribution in [1.82, 2.24) is 15.1 Å². The van der Waals surface area contributed by atoms with Gasteiger partial charge in [0.05, 0.1) is 5.92 Å². The van der Waals surface area contributed by atoms with Crippen LogP contribution in [0, 0.1) is 5.92 Å². The van der Waals surface area contributed by atoms with Gasteiger partial charge in [0, 0.05) is 39.3 Å². The highest BCUT2D eigenvalue weighted by Crippen LogP contribution is 2.15. The maximum absolute atomic E-state index is 12.5. The summed E-state index contributed by atoms with van der Waals surface area (Å²) in [6.45, 7) is 7.12. The summed E-state index contributed by atoms with van der Waals surface area (Å²) in [5, 5.41) is 3.33. The second kappa shape index (κ2) is 11.6. The van der Waals surface area contributed by atoms with Gasteiger partial charge >= 0.3 is 0 Å². The van der Waals surface area contributed by atoms with Gasteiger partial charge in [-0.1, -0.05) is 18.2 Å². The number of benzene rings is 1. The van der Waals surface area contributed by atoms with Gasteiger partial charge in [0.2, 0.25) is 5.91 Å². The normalized spacial score (nSPS) is 21.0. The first kappa shape index (κ1) is 22.0. The monoisotopic (exact) mass is 389 g/mol. The van der Waals surface area contributed by atoms with Gasteiger partial charge in [-0.25, -0.2) is 0 Å². The molecule has 0 radical (unpaired) electrons. The van der Waals surface area contributed by atoms with Gasteiger partial charge in [-0.15, -0.1) is 24.8 Å². The van der Waals surface area contributed by atoms with E-state index in [1.165, 1.54) is 0 Å². The van der Waals surface area contributed by atoms with Crippen LogP contribution in [0.3, 0.4) is 0 Å². The number of hydrogen-bond donors (Lipinski definition) is 1. The van der Waals surface area contributed by atoms with Gasteiger partial charge in [0.15, 0.2) is 0 Å². The lowest BCUT2D eigenvalue weighted by Crippen LogP contribution is -2.52. The van der Waals surface area contributed by atoms with Crippen LogP contribution < -0.4 is 10.1 Å². The Morgan fingerprint density at radius 2 is 1.84 bits per heavy atom. The Balaban J connectivity index is 0.00000156. The van der Waals surface area contributed by atoms with E-state index in [4.69, 9.17) is 4.74 Å². The van der Waals surface area contributed by atoms with Crippen LogP contribution in [-0.2, 0) is 4.79 Å². The van der Waals surface area contributed by atoms with Crippen LogP contribution >= 0.6 is 24.8 Å². The van der Waals surface area contributed by atoms with Crippen molar-refractivity contribution >= 4 is 30.7 Å². The van der Waals surface area contributed by atoms with Gasteiger partial charge in [0.1, 0.15) is 12.4 Å². The molecule has 1 unspecified atom stereocenters. The minimum Gasteiger partial charge on any atom is -0.492 e. The minimum atomic E-state index is 0. The van der Waals surface area contributed by atoms with Crippen molar-refractivity contribution in [2.45, 2.75) is 12.8 Å². The zero-order valence-electron chi connectivity index (χ0n) is 14.6. The summed E-state index contributed by atoms with van der Waals surface area (Å²) in [7, 11) is 0. The van der Waals surface area contributed by atoms with Crippen LogP contribution in [0.4, 0.5) is 0 Å². The molecule has 25 heavy (non-hydrogen) atoms. The smallest absolute Gasteiger partial charge is 0.227 e. The lowest BCUT2D eigenvalue weighted by Gasteiger charge is -2.37. The van der Waals surface area contributed by atoms with Crippen molar-refractivity contribution in [2.24, 2.45) is 5.92 Å². The van der Waals surface area contributed by atoms with E-state index in [9.17, 15) is 4.79 Å². The van der Waals surface area contributed by atoms with Gasteiger partial charge < -0.3 is 15.0 Å². The fourth-order valence-electron chi connectivity index (χ4n) is 3.32. The Labute approximate surface area is 162 Å². The Kier molecular flexibility index (Phi) is 10.2. The molecule has 1 aromatic rings. The third kappa shape index (κ3) is 6.66. The van der Waals surface area contributed by atoms with E-state index in [0.717, 1.165) is 64.4 Å². The van der Waals surface area contributed by atoms with Crippen LogP contribution in [0.1, 0.15) is 12.8 Å². The van der Waals surface area contributed by atoms with E-state index >= 15 is 0 Å². The van der Waals surface area contributed by atoms with Gasteiger partial charge in [0.25, 0.3) is 0 Å². The Hall–Kier alpha value is -1.01. The summed E-state index contributed by atoms with van der Waals surface area (Å²) in [5.74, 6) is 1.46. The molecule has 0 aromatic heterocycles. The van der Waals surface area contributed by atoms with E-state index in [-0.39, 0.29) is 30.7 Å². The number of carbonyl (C=O) groups is 1. The van der Waals surface area contributed by atoms with Crippen molar-refractivity contribution in [1.29, 1.82) is 0 Å². The van der Waals surface area contributed by atoms with E-state index in [1.807, 2.05) is 35.2 Å². The summed E-state index contributed by atoms with van der Waals surface area (Å²) in [5.41, 5.74) is 0. The molecule has 0 bridgehead atoms. The van der Waals surface area contributed by atoms with E-state index in [1.54, 1.807) is 0 Å². The molecule has 2 aliphatic heterocycles. The quantitative estimate of drug-likeness (QED) is 0.836. The number of halogens is 2. The highest BCUT2D eigenvalue weighted by molar-refractivity contribution is 5.85. The number of ether oxygens (including phenoxy) is 1. The number of nitrogens with one attached hydrogen (secondary N) is 1. The molecular weight excluding hydrogens is 361 g/mol. The minimum absolute atomic E-state index is 0. The number of nitrogens with zero attached hydrogens (tertiary/aromatic N) is 2. The average molecular weight is 390 g/mol. The molecule has 1 amide bonds. The van der Waals surface area contributed by atoms with Crippen molar-refractivity contribution in [3.63, 3.8) is 0 Å². The molecule has 2 saturated heterocycles. The number of hydrogen-bond acceptors (Lipinski definition) is 4. The summed E-state index contributed by atoms with van der Waals surface area (Å²) in [6, 6.07) is 9.92.